The van der Waals surface area contributed by atoms with Crippen LogP contribution in [0, 0.1) is 5.41 Å². The molecule has 1 saturated heterocycles. The maximum Gasteiger partial charge on any atom is 0.513 e. The van der Waals surface area contributed by atoms with Crippen molar-refractivity contribution in [3.63, 3.8) is 0 Å². The zero-order valence-electron chi connectivity index (χ0n) is 14.4. The molecule has 0 aliphatic carbocycles. The number of carbonyl (C=O) groups is 1. The number of unbranched alkanes of at least 4 members (excludes halogenated alkanes) is 2. The minimum absolute atomic E-state index is 0.221. The second-order valence-electron chi connectivity index (χ2n) is 6.65. The Hall–Kier alpha value is -1.33. The third kappa shape index (κ3) is 4.85. The zero-order valence-corrected chi connectivity index (χ0v) is 14.4. The Kier molecular flexibility index (Phi) is 6.20. The van der Waals surface area contributed by atoms with E-state index in [4.69, 9.17) is 19.2 Å². The molecule has 5 nitrogen and oxygen atoms in total. The predicted molar refractivity (Wildman–Crippen MR) is 83.8 cm³/mol. The fourth-order valence-corrected chi connectivity index (χ4v) is 2.42. The molecular formula is C17H28O5. The highest BCUT2D eigenvalue weighted by Crippen LogP contribution is 2.39. The predicted octanol–water partition coefficient (Wildman–Crippen LogP) is 4.88. The molecule has 0 aromatic rings. The first-order valence-corrected chi connectivity index (χ1v) is 7.72. The van der Waals surface area contributed by atoms with Crippen molar-refractivity contribution >= 4 is 6.16 Å². The fraction of sp³-hybridized carbons (Fsp3) is 0.706. The third-order valence-electron chi connectivity index (χ3n) is 3.77. The van der Waals surface area contributed by atoms with E-state index in [1.807, 2.05) is 6.92 Å². The summed E-state index contributed by atoms with van der Waals surface area (Å²) < 4.78 is 10.5. The second kappa shape index (κ2) is 7.29. The third-order valence-corrected chi connectivity index (χ3v) is 3.77. The van der Waals surface area contributed by atoms with Crippen LogP contribution in [-0.2, 0) is 19.2 Å². The van der Waals surface area contributed by atoms with Gasteiger partial charge >= 0.3 is 12.1 Å². The Morgan fingerprint density at radius 2 is 1.82 bits per heavy atom. The molecule has 126 valence electrons. The van der Waals surface area contributed by atoms with Crippen molar-refractivity contribution in [3.05, 3.63) is 24.3 Å². The molecule has 1 aliphatic heterocycles. The summed E-state index contributed by atoms with van der Waals surface area (Å²) in [6.07, 6.45) is 3.02. The summed E-state index contributed by atoms with van der Waals surface area (Å²) in [5, 5.41) is 0. The van der Waals surface area contributed by atoms with Crippen LogP contribution in [-0.4, -0.2) is 18.2 Å². The van der Waals surface area contributed by atoms with Crippen LogP contribution >= 0.6 is 0 Å². The van der Waals surface area contributed by atoms with Gasteiger partial charge < -0.3 is 9.47 Å². The average molecular weight is 312 g/mol. The first kappa shape index (κ1) is 18.7. The number of rotatable bonds is 9. The summed E-state index contributed by atoms with van der Waals surface area (Å²) in [5.74, 6) is -1.48. The number of carbonyl (C=O) groups excluding carboxylic acids is 1. The van der Waals surface area contributed by atoms with E-state index in [1.165, 1.54) is 0 Å². The lowest BCUT2D eigenvalue weighted by Gasteiger charge is -2.34. The van der Waals surface area contributed by atoms with Gasteiger partial charge in [-0.25, -0.2) is 4.79 Å². The number of ether oxygens (including phenoxy) is 2. The van der Waals surface area contributed by atoms with Crippen molar-refractivity contribution in [2.45, 2.75) is 72.4 Å². The smallest absolute Gasteiger partial charge is 0.426 e. The van der Waals surface area contributed by atoms with Gasteiger partial charge in [0.25, 0.3) is 0 Å². The van der Waals surface area contributed by atoms with E-state index in [1.54, 1.807) is 6.92 Å². The van der Waals surface area contributed by atoms with Crippen LogP contribution in [0.2, 0.25) is 0 Å². The molecule has 1 heterocycles. The lowest BCUT2D eigenvalue weighted by molar-refractivity contribution is -0.0546. The maximum atomic E-state index is 12.0. The molecule has 1 fully saturated rings. The fourth-order valence-electron chi connectivity index (χ4n) is 2.42. The lowest BCUT2D eigenvalue weighted by atomic mass is 9.78. The SMILES string of the molecule is C=C(C)C(OC(=O)OC1(C(=C)C)OO1)C(C)(C)CCCCC. The van der Waals surface area contributed by atoms with Crippen LogP contribution < -0.4 is 0 Å². The molecule has 22 heavy (non-hydrogen) atoms. The van der Waals surface area contributed by atoms with Gasteiger partial charge in [0.05, 0.1) is 0 Å². The maximum absolute atomic E-state index is 12.0. The van der Waals surface area contributed by atoms with Crippen LogP contribution in [0.25, 0.3) is 0 Å². The minimum Gasteiger partial charge on any atom is -0.426 e. The van der Waals surface area contributed by atoms with E-state index in [0.717, 1.165) is 31.3 Å². The second-order valence-corrected chi connectivity index (χ2v) is 6.65. The molecule has 0 aromatic carbocycles. The average Bonchev–Trinajstić information content (AvgIpc) is 3.16. The summed E-state index contributed by atoms with van der Waals surface area (Å²) >= 11 is 0. The van der Waals surface area contributed by atoms with Gasteiger partial charge in [-0.05, 0) is 25.8 Å². The van der Waals surface area contributed by atoms with Crippen molar-refractivity contribution in [2.24, 2.45) is 5.41 Å². The van der Waals surface area contributed by atoms with Crippen LogP contribution in [0.3, 0.4) is 0 Å². The van der Waals surface area contributed by atoms with E-state index in [2.05, 4.69) is 33.9 Å². The summed E-state index contributed by atoms with van der Waals surface area (Å²) in [7, 11) is 0. The molecule has 0 spiro atoms. The molecule has 1 rings (SSSR count). The molecule has 0 N–H and O–H groups in total. The van der Waals surface area contributed by atoms with Crippen LogP contribution in [0.4, 0.5) is 4.79 Å². The minimum atomic E-state index is -1.48. The molecule has 5 heteroatoms. The highest BCUT2D eigenvalue weighted by Gasteiger charge is 2.56. The van der Waals surface area contributed by atoms with Crippen LogP contribution in [0.5, 0.6) is 0 Å². The largest absolute Gasteiger partial charge is 0.513 e. The van der Waals surface area contributed by atoms with Gasteiger partial charge in [-0.1, -0.05) is 53.2 Å². The van der Waals surface area contributed by atoms with Crippen molar-refractivity contribution in [1.29, 1.82) is 0 Å². The monoisotopic (exact) mass is 312 g/mol. The Labute approximate surface area is 133 Å². The molecule has 0 amide bonds. The van der Waals surface area contributed by atoms with E-state index < -0.39 is 18.2 Å². The Bertz CT molecular complexity index is 434. The first-order chi connectivity index (χ1) is 10.1. The normalized spacial score (nSPS) is 17.5. The van der Waals surface area contributed by atoms with E-state index in [0.29, 0.717) is 5.57 Å². The van der Waals surface area contributed by atoms with E-state index in [9.17, 15) is 4.79 Å². The summed E-state index contributed by atoms with van der Waals surface area (Å²) in [6, 6.07) is 0. The van der Waals surface area contributed by atoms with Crippen LogP contribution in [0.15, 0.2) is 24.3 Å². The topological polar surface area (TPSA) is 60.6 Å². The number of hydrogen-bond donors (Lipinski definition) is 0. The molecule has 1 unspecified atom stereocenters. The van der Waals surface area contributed by atoms with Crippen molar-refractivity contribution in [1.82, 2.24) is 0 Å². The molecule has 0 radical (unpaired) electrons. The highest BCUT2D eigenvalue weighted by atomic mass is 17.5. The van der Waals surface area contributed by atoms with Gasteiger partial charge in [-0.15, -0.1) is 9.78 Å². The van der Waals surface area contributed by atoms with Gasteiger partial charge in [0.2, 0.25) is 0 Å². The molecule has 1 atom stereocenters. The zero-order chi connectivity index (χ0) is 17.0. The molecule has 0 aromatic heterocycles. The Balaban J connectivity index is 2.65. The van der Waals surface area contributed by atoms with Crippen molar-refractivity contribution in [3.8, 4) is 0 Å². The molecule has 0 saturated carbocycles. The number of hydrogen-bond acceptors (Lipinski definition) is 5. The highest BCUT2D eigenvalue weighted by molar-refractivity contribution is 5.61. The van der Waals surface area contributed by atoms with Crippen molar-refractivity contribution in [2.75, 3.05) is 0 Å². The van der Waals surface area contributed by atoms with Gasteiger partial charge in [0.15, 0.2) is 0 Å². The standard InChI is InChI=1S/C17H28O5/c1-8-9-10-11-16(6,7)14(12(2)3)19-15(18)20-17(13(4)5)21-22-17/h14H,2,4,8-11H2,1,3,5-7H3. The Morgan fingerprint density at radius 1 is 1.23 bits per heavy atom. The van der Waals surface area contributed by atoms with Gasteiger partial charge in [-0.3, -0.25) is 0 Å². The van der Waals surface area contributed by atoms with Gasteiger partial charge in [-0.2, -0.15) is 0 Å². The Morgan fingerprint density at radius 3 is 2.23 bits per heavy atom. The van der Waals surface area contributed by atoms with Gasteiger partial charge in [0.1, 0.15) is 6.10 Å². The van der Waals surface area contributed by atoms with Crippen LogP contribution in [0.1, 0.15) is 60.3 Å². The van der Waals surface area contributed by atoms with Gasteiger partial charge in [0, 0.05) is 11.0 Å². The quantitative estimate of drug-likeness (QED) is 0.199. The van der Waals surface area contributed by atoms with E-state index >= 15 is 0 Å². The first-order valence-electron chi connectivity index (χ1n) is 7.72. The lowest BCUT2D eigenvalue weighted by Crippen LogP contribution is -2.36. The summed E-state index contributed by atoms with van der Waals surface area (Å²) in [5.41, 5.74) is 1.00. The molecule has 0 bridgehead atoms. The molecular weight excluding hydrogens is 284 g/mol. The summed E-state index contributed by atoms with van der Waals surface area (Å²) in [6.45, 7) is 17.4. The van der Waals surface area contributed by atoms with E-state index in [-0.39, 0.29) is 5.41 Å². The van der Waals surface area contributed by atoms with Crippen molar-refractivity contribution < 1.29 is 24.0 Å². The summed E-state index contributed by atoms with van der Waals surface area (Å²) in [4.78, 5) is 21.4. The molecule has 1 aliphatic rings.